The fourth-order valence-electron chi connectivity index (χ4n) is 13.1. The molecule has 1 aliphatic heterocycles. The van der Waals surface area contributed by atoms with E-state index in [0.29, 0.717) is 0 Å². The third kappa shape index (κ3) is 5.88. The Labute approximate surface area is 425 Å². The van der Waals surface area contributed by atoms with E-state index in [0.717, 1.165) is 50.9 Å². The molecule has 11 aromatic carbocycles. The lowest BCUT2D eigenvalue weighted by atomic mass is 9.64. The second-order valence-corrected chi connectivity index (χ2v) is 20.3. The summed E-state index contributed by atoms with van der Waals surface area (Å²) in [7, 11) is 0. The van der Waals surface area contributed by atoms with Crippen LogP contribution < -0.4 is 9.64 Å². The van der Waals surface area contributed by atoms with E-state index in [9.17, 15) is 0 Å². The molecule has 3 nitrogen and oxygen atoms in total. The summed E-state index contributed by atoms with van der Waals surface area (Å²) in [5.74, 6) is 1.76. The quantitative estimate of drug-likeness (QED) is 0.165. The summed E-state index contributed by atoms with van der Waals surface area (Å²) in [6.45, 7) is 4.71. The second-order valence-electron chi connectivity index (χ2n) is 20.3. The van der Waals surface area contributed by atoms with Crippen molar-refractivity contribution in [2.45, 2.75) is 24.7 Å². The van der Waals surface area contributed by atoms with Crippen LogP contribution in [0.4, 0.5) is 17.1 Å². The molecule has 73 heavy (non-hydrogen) atoms. The van der Waals surface area contributed by atoms with Crippen LogP contribution in [0.15, 0.2) is 255 Å². The molecule has 2 heterocycles. The average molecular weight is 933 g/mol. The van der Waals surface area contributed by atoms with Gasteiger partial charge in [0.05, 0.1) is 16.4 Å². The van der Waals surface area contributed by atoms with Gasteiger partial charge in [0, 0.05) is 50.1 Å². The van der Waals surface area contributed by atoms with Crippen LogP contribution >= 0.6 is 0 Å². The van der Waals surface area contributed by atoms with Gasteiger partial charge in [-0.15, -0.1) is 0 Å². The van der Waals surface area contributed by atoms with Gasteiger partial charge in [-0.1, -0.05) is 190 Å². The molecular weight excluding hydrogens is 885 g/mol. The van der Waals surface area contributed by atoms with Crippen molar-refractivity contribution in [3.8, 4) is 61.7 Å². The Bertz CT molecular complexity index is 4160. The average Bonchev–Trinajstić information content (AvgIpc) is 4.03. The molecule has 344 valence electrons. The van der Waals surface area contributed by atoms with Gasteiger partial charge in [-0.2, -0.15) is 0 Å². The number of aromatic nitrogens is 1. The topological polar surface area (TPSA) is 17.4 Å². The zero-order chi connectivity index (χ0) is 48.4. The standard InChI is InChI=1S/C70H48N2O/c1-69(2)58-26-12-9-23-53(58)54-39-38-50(44-62(54)69)71(47-19-5-3-6-20-47)49-36-33-45(34-37-49)52-41-40-51(46-35-42-64-57(43-46)55-24-11-16-30-63(55)72(64)48-21-7-4-8-22-48)67-56-25-10-13-27-59(56)70(68(52)67)60-28-14-17-31-65(60)73-66-32-18-15-29-61(66)70/h3-44H,1-2H3. The Morgan fingerprint density at radius 2 is 0.890 bits per heavy atom. The van der Waals surface area contributed by atoms with Gasteiger partial charge in [-0.05, 0) is 146 Å². The molecule has 12 aromatic rings. The number of anilines is 3. The van der Waals surface area contributed by atoms with Gasteiger partial charge in [0.1, 0.15) is 11.5 Å². The van der Waals surface area contributed by atoms with E-state index in [1.165, 1.54) is 83.0 Å². The van der Waals surface area contributed by atoms with Gasteiger partial charge < -0.3 is 14.2 Å². The van der Waals surface area contributed by atoms with Gasteiger partial charge in [-0.25, -0.2) is 0 Å². The monoisotopic (exact) mass is 932 g/mol. The van der Waals surface area contributed by atoms with Crippen LogP contribution in [-0.4, -0.2) is 4.57 Å². The molecule has 0 saturated heterocycles. The largest absolute Gasteiger partial charge is 0.457 e. The summed E-state index contributed by atoms with van der Waals surface area (Å²) in [5.41, 5.74) is 23.5. The minimum absolute atomic E-state index is 0.123. The van der Waals surface area contributed by atoms with Crippen molar-refractivity contribution in [3.05, 3.63) is 288 Å². The molecule has 2 aliphatic carbocycles. The predicted molar refractivity (Wildman–Crippen MR) is 301 cm³/mol. The van der Waals surface area contributed by atoms with Crippen molar-refractivity contribution in [2.75, 3.05) is 4.90 Å². The highest BCUT2D eigenvalue weighted by Crippen LogP contribution is 2.65. The molecule has 0 fully saturated rings. The maximum Gasteiger partial charge on any atom is 0.132 e. The number of hydrogen-bond acceptors (Lipinski definition) is 2. The van der Waals surface area contributed by atoms with Gasteiger partial charge >= 0.3 is 0 Å². The highest BCUT2D eigenvalue weighted by atomic mass is 16.5. The van der Waals surface area contributed by atoms with Crippen molar-refractivity contribution in [3.63, 3.8) is 0 Å². The first kappa shape index (κ1) is 41.6. The molecular formula is C70H48N2O. The Balaban J connectivity index is 0.961. The summed E-state index contributed by atoms with van der Waals surface area (Å²) in [6, 6.07) is 93.9. The van der Waals surface area contributed by atoms with E-state index >= 15 is 0 Å². The molecule has 0 saturated carbocycles. The molecule has 15 rings (SSSR count). The molecule has 1 aromatic heterocycles. The maximum absolute atomic E-state index is 6.86. The van der Waals surface area contributed by atoms with Crippen molar-refractivity contribution in [1.29, 1.82) is 0 Å². The molecule has 0 radical (unpaired) electrons. The number of para-hydroxylation sites is 5. The van der Waals surface area contributed by atoms with Crippen LogP contribution in [0.2, 0.25) is 0 Å². The van der Waals surface area contributed by atoms with Crippen LogP contribution in [-0.2, 0) is 10.8 Å². The third-order valence-corrected chi connectivity index (χ3v) is 16.3. The molecule has 0 amide bonds. The summed E-state index contributed by atoms with van der Waals surface area (Å²) >= 11 is 0. The zero-order valence-electron chi connectivity index (χ0n) is 40.6. The summed E-state index contributed by atoms with van der Waals surface area (Å²) < 4.78 is 9.26. The zero-order valence-corrected chi connectivity index (χ0v) is 40.6. The number of hydrogen-bond donors (Lipinski definition) is 0. The van der Waals surface area contributed by atoms with E-state index in [4.69, 9.17) is 4.74 Å². The number of ether oxygens (including phenoxy) is 1. The molecule has 3 heteroatoms. The molecule has 3 aliphatic rings. The third-order valence-electron chi connectivity index (χ3n) is 16.3. The molecule has 0 atom stereocenters. The van der Waals surface area contributed by atoms with E-state index in [1.807, 2.05) is 0 Å². The van der Waals surface area contributed by atoms with Crippen molar-refractivity contribution in [1.82, 2.24) is 4.57 Å². The fourth-order valence-corrected chi connectivity index (χ4v) is 13.1. The first-order chi connectivity index (χ1) is 36.0. The van der Waals surface area contributed by atoms with Gasteiger partial charge in [0.25, 0.3) is 0 Å². The highest BCUT2D eigenvalue weighted by Gasteiger charge is 2.53. The summed E-state index contributed by atoms with van der Waals surface area (Å²) in [6.07, 6.45) is 0. The fraction of sp³-hybridized carbons (Fsp3) is 0.0571. The van der Waals surface area contributed by atoms with Crippen molar-refractivity contribution in [2.24, 2.45) is 0 Å². The van der Waals surface area contributed by atoms with Crippen LogP contribution in [0.25, 0.3) is 72.0 Å². The number of fused-ring (bicyclic) bond motifs is 15. The SMILES string of the molecule is CC1(C)c2ccccc2-c2ccc(N(c3ccccc3)c3ccc(-c4ccc(-c5ccc6c(c5)c5ccccc5n6-c5ccccc5)c5c4C4(c6ccccc6Oc6ccccc64)c4ccccc4-5)cc3)cc21. The first-order valence-corrected chi connectivity index (χ1v) is 25.4. The van der Waals surface area contributed by atoms with E-state index < -0.39 is 5.41 Å². The van der Waals surface area contributed by atoms with Crippen LogP contribution in [0, 0.1) is 0 Å². The van der Waals surface area contributed by atoms with Gasteiger partial charge in [0.15, 0.2) is 0 Å². The van der Waals surface area contributed by atoms with Crippen LogP contribution in [0.5, 0.6) is 11.5 Å². The Kier molecular flexibility index (Phi) is 8.92. The Morgan fingerprint density at radius 1 is 0.356 bits per heavy atom. The number of nitrogens with zero attached hydrogens (tertiary/aromatic N) is 2. The molecule has 1 spiro atoms. The Hall–Kier alpha value is -9.18. The normalized spacial score (nSPS) is 13.9. The van der Waals surface area contributed by atoms with Crippen LogP contribution in [0.3, 0.4) is 0 Å². The lowest BCUT2D eigenvalue weighted by molar-refractivity contribution is 0.436. The lowest BCUT2D eigenvalue weighted by Crippen LogP contribution is -2.32. The summed E-state index contributed by atoms with van der Waals surface area (Å²) in [5, 5.41) is 2.46. The second kappa shape index (κ2) is 15.7. The number of rotatable bonds is 6. The number of benzene rings is 11. The first-order valence-electron chi connectivity index (χ1n) is 25.4. The minimum atomic E-state index is -0.681. The van der Waals surface area contributed by atoms with E-state index in [-0.39, 0.29) is 5.41 Å². The Morgan fingerprint density at radius 3 is 1.64 bits per heavy atom. The van der Waals surface area contributed by atoms with Crippen LogP contribution in [0.1, 0.15) is 47.2 Å². The highest BCUT2D eigenvalue weighted by molar-refractivity contribution is 6.11. The maximum atomic E-state index is 6.86. The summed E-state index contributed by atoms with van der Waals surface area (Å²) in [4.78, 5) is 2.41. The minimum Gasteiger partial charge on any atom is -0.457 e. The van der Waals surface area contributed by atoms with E-state index in [2.05, 4.69) is 278 Å². The smallest absolute Gasteiger partial charge is 0.132 e. The van der Waals surface area contributed by atoms with Gasteiger partial charge in [-0.3, -0.25) is 0 Å². The van der Waals surface area contributed by atoms with Crippen molar-refractivity contribution >= 4 is 38.9 Å². The lowest BCUT2D eigenvalue weighted by Gasteiger charge is -2.40. The molecule has 0 N–H and O–H groups in total. The molecule has 0 unspecified atom stereocenters. The van der Waals surface area contributed by atoms with E-state index in [1.54, 1.807) is 0 Å². The molecule has 0 bridgehead atoms. The predicted octanol–water partition coefficient (Wildman–Crippen LogP) is 18.4. The van der Waals surface area contributed by atoms with Crippen molar-refractivity contribution < 1.29 is 4.74 Å². The van der Waals surface area contributed by atoms with Gasteiger partial charge in [0.2, 0.25) is 0 Å².